The molecule has 0 bridgehead atoms. The zero-order valence-electron chi connectivity index (χ0n) is 17.1. The van der Waals surface area contributed by atoms with E-state index in [2.05, 4.69) is 5.16 Å². The highest BCUT2D eigenvalue weighted by Crippen LogP contribution is 2.30. The summed E-state index contributed by atoms with van der Waals surface area (Å²) in [4.78, 5) is 5.46. The van der Waals surface area contributed by atoms with Gasteiger partial charge in [-0.25, -0.2) is 0 Å². The van der Waals surface area contributed by atoms with Crippen LogP contribution in [0.15, 0.2) is 78.0 Å². The van der Waals surface area contributed by atoms with E-state index < -0.39 is 15.5 Å². The number of halogens is 4. The Labute approximate surface area is 193 Å². The molecule has 0 amide bonds. The summed E-state index contributed by atoms with van der Waals surface area (Å²) in [5.41, 5.74) is -4.52. The van der Waals surface area contributed by atoms with E-state index in [0.717, 1.165) is 11.6 Å². The van der Waals surface area contributed by atoms with Crippen molar-refractivity contribution >= 4 is 33.0 Å². The summed E-state index contributed by atoms with van der Waals surface area (Å²) in [6.45, 7) is 0.0461. The number of anilines is 1. The van der Waals surface area contributed by atoms with Gasteiger partial charge in [-0.3, -0.25) is 4.72 Å². The molecule has 11 heteroatoms. The number of benzene rings is 3. The van der Waals surface area contributed by atoms with Crippen LogP contribution in [0.2, 0.25) is 5.02 Å². The summed E-state index contributed by atoms with van der Waals surface area (Å²) in [5, 5.41) is 4.27. The van der Waals surface area contributed by atoms with Crippen molar-refractivity contribution in [2.45, 2.75) is 12.1 Å². The fourth-order valence-corrected chi connectivity index (χ4v) is 3.51. The molecule has 1 N–H and O–H groups in total. The molecule has 0 fully saturated rings. The van der Waals surface area contributed by atoms with E-state index in [1.807, 2.05) is 0 Å². The molecule has 0 saturated carbocycles. The first kappa shape index (κ1) is 24.4. The molecule has 0 heterocycles. The van der Waals surface area contributed by atoms with Gasteiger partial charge in [0.2, 0.25) is 0 Å². The SMILES string of the molecule is COc1ccc(CON=C(c2ccccc2)c2cc(Cl)ccc2NS(=O)(=O)C(F)(F)F)cc1. The molecule has 0 spiro atoms. The van der Waals surface area contributed by atoms with E-state index in [1.165, 1.54) is 19.2 Å². The molecule has 3 rings (SSSR count). The highest BCUT2D eigenvalue weighted by Gasteiger charge is 2.46. The van der Waals surface area contributed by atoms with Gasteiger partial charge in [-0.15, -0.1) is 0 Å². The lowest BCUT2D eigenvalue weighted by molar-refractivity contribution is -0.0429. The van der Waals surface area contributed by atoms with Crippen LogP contribution in [0.25, 0.3) is 0 Å². The van der Waals surface area contributed by atoms with E-state index in [4.69, 9.17) is 21.2 Å². The lowest BCUT2D eigenvalue weighted by Gasteiger charge is -2.16. The lowest BCUT2D eigenvalue weighted by Crippen LogP contribution is -2.30. The highest BCUT2D eigenvalue weighted by atomic mass is 35.5. The summed E-state index contributed by atoms with van der Waals surface area (Å²) >= 11 is 6.06. The molecule has 0 aliphatic rings. The van der Waals surface area contributed by atoms with Gasteiger partial charge in [0.05, 0.1) is 12.8 Å². The summed E-state index contributed by atoms with van der Waals surface area (Å²) in [6, 6.07) is 19.1. The Balaban J connectivity index is 2.00. The maximum absolute atomic E-state index is 13.0. The largest absolute Gasteiger partial charge is 0.516 e. The van der Waals surface area contributed by atoms with Crippen molar-refractivity contribution in [3.05, 3.63) is 94.5 Å². The van der Waals surface area contributed by atoms with Crippen LogP contribution in [-0.4, -0.2) is 26.7 Å². The van der Waals surface area contributed by atoms with Crippen LogP contribution in [0.5, 0.6) is 5.75 Å². The van der Waals surface area contributed by atoms with E-state index in [-0.39, 0.29) is 28.6 Å². The Morgan fingerprint density at radius 3 is 2.30 bits per heavy atom. The molecular formula is C22H18ClF3N2O4S. The number of rotatable bonds is 8. The van der Waals surface area contributed by atoms with Crippen molar-refractivity contribution in [2.75, 3.05) is 11.8 Å². The zero-order chi connectivity index (χ0) is 24.1. The third kappa shape index (κ3) is 6.17. The van der Waals surface area contributed by atoms with Crippen molar-refractivity contribution in [3.63, 3.8) is 0 Å². The number of nitrogens with zero attached hydrogens (tertiary/aromatic N) is 1. The minimum absolute atomic E-state index is 0.0104. The van der Waals surface area contributed by atoms with Crippen LogP contribution in [0.3, 0.4) is 0 Å². The Bertz CT molecular complexity index is 1230. The molecule has 0 aliphatic carbocycles. The van der Waals surface area contributed by atoms with Crippen molar-refractivity contribution in [1.29, 1.82) is 0 Å². The van der Waals surface area contributed by atoms with Crippen LogP contribution in [-0.2, 0) is 21.5 Å². The van der Waals surface area contributed by atoms with Gasteiger partial charge in [0, 0.05) is 16.1 Å². The van der Waals surface area contributed by atoms with E-state index in [9.17, 15) is 21.6 Å². The molecule has 174 valence electrons. The van der Waals surface area contributed by atoms with E-state index >= 15 is 0 Å². The van der Waals surface area contributed by atoms with E-state index in [0.29, 0.717) is 11.3 Å². The van der Waals surface area contributed by atoms with Crippen molar-refractivity contribution < 1.29 is 31.2 Å². The summed E-state index contributed by atoms with van der Waals surface area (Å²) in [7, 11) is -4.13. The Kier molecular flexibility index (Phi) is 7.50. The Morgan fingerprint density at radius 2 is 1.70 bits per heavy atom. The number of alkyl halides is 3. The molecule has 3 aromatic carbocycles. The molecule has 6 nitrogen and oxygen atoms in total. The van der Waals surface area contributed by atoms with Crippen LogP contribution in [0.1, 0.15) is 16.7 Å². The number of ether oxygens (including phenoxy) is 1. The number of sulfonamides is 1. The summed E-state index contributed by atoms with van der Waals surface area (Å²) in [5.74, 6) is 0.660. The molecule has 0 atom stereocenters. The number of hydrogen-bond acceptors (Lipinski definition) is 5. The Morgan fingerprint density at radius 1 is 1.03 bits per heavy atom. The van der Waals surface area contributed by atoms with Crippen LogP contribution in [0.4, 0.5) is 18.9 Å². The third-order valence-corrected chi connectivity index (χ3v) is 5.71. The second-order valence-corrected chi connectivity index (χ2v) is 8.78. The predicted molar refractivity (Wildman–Crippen MR) is 120 cm³/mol. The normalized spacial score (nSPS) is 12.3. The third-order valence-electron chi connectivity index (χ3n) is 4.38. The van der Waals surface area contributed by atoms with Crippen molar-refractivity contribution in [2.24, 2.45) is 5.16 Å². The van der Waals surface area contributed by atoms with Crippen molar-refractivity contribution in [1.82, 2.24) is 0 Å². The highest BCUT2D eigenvalue weighted by molar-refractivity contribution is 7.93. The van der Waals surface area contributed by atoms with Crippen LogP contribution >= 0.6 is 11.6 Å². The minimum Gasteiger partial charge on any atom is -0.497 e. The standard InChI is InChI=1S/C22H18ClF3N2O4S/c1-31-18-10-7-15(8-11-18)14-32-27-21(16-5-3-2-4-6-16)19-13-17(23)9-12-20(19)28-33(29,30)22(24,25)26/h2-13,28H,14H2,1H3. The lowest BCUT2D eigenvalue weighted by atomic mass is 10.0. The van der Waals surface area contributed by atoms with Gasteiger partial charge in [0.1, 0.15) is 18.1 Å². The molecule has 0 radical (unpaired) electrons. The van der Waals surface area contributed by atoms with Gasteiger partial charge in [-0.05, 0) is 35.9 Å². The second kappa shape index (κ2) is 10.1. The fraction of sp³-hybridized carbons (Fsp3) is 0.136. The van der Waals surface area contributed by atoms with E-state index in [1.54, 1.807) is 59.3 Å². The summed E-state index contributed by atoms with van der Waals surface area (Å²) in [6.07, 6.45) is 0. The van der Waals surface area contributed by atoms with Crippen LogP contribution in [0, 0.1) is 0 Å². The number of methoxy groups -OCH3 is 1. The van der Waals surface area contributed by atoms with Crippen LogP contribution < -0.4 is 9.46 Å². The Hall–Kier alpha value is -3.24. The van der Waals surface area contributed by atoms with Gasteiger partial charge in [-0.2, -0.15) is 21.6 Å². The molecule has 0 aromatic heterocycles. The first-order chi connectivity index (χ1) is 15.6. The van der Waals surface area contributed by atoms with Gasteiger partial charge in [0.25, 0.3) is 0 Å². The van der Waals surface area contributed by atoms with Gasteiger partial charge < -0.3 is 9.57 Å². The first-order valence-electron chi connectivity index (χ1n) is 9.38. The smallest absolute Gasteiger partial charge is 0.497 e. The maximum atomic E-state index is 13.0. The zero-order valence-corrected chi connectivity index (χ0v) is 18.7. The molecular weight excluding hydrogens is 481 g/mol. The monoisotopic (exact) mass is 498 g/mol. The predicted octanol–water partition coefficient (Wildman–Crippen LogP) is 5.58. The minimum atomic E-state index is -5.67. The van der Waals surface area contributed by atoms with Gasteiger partial charge in [-0.1, -0.05) is 59.2 Å². The average molecular weight is 499 g/mol. The molecule has 0 unspecified atom stereocenters. The fourth-order valence-electron chi connectivity index (χ4n) is 2.75. The topological polar surface area (TPSA) is 77.0 Å². The van der Waals surface area contributed by atoms with Crippen molar-refractivity contribution in [3.8, 4) is 5.75 Å². The second-order valence-electron chi connectivity index (χ2n) is 6.67. The quantitative estimate of drug-likeness (QED) is 0.325. The van der Waals surface area contributed by atoms with Gasteiger partial charge in [0.15, 0.2) is 0 Å². The molecule has 3 aromatic rings. The number of hydrogen-bond donors (Lipinski definition) is 1. The average Bonchev–Trinajstić information content (AvgIpc) is 2.78. The molecule has 33 heavy (non-hydrogen) atoms. The maximum Gasteiger partial charge on any atom is 0.516 e. The molecule has 0 aliphatic heterocycles. The summed E-state index contributed by atoms with van der Waals surface area (Å²) < 4.78 is 69.0. The first-order valence-corrected chi connectivity index (χ1v) is 11.2. The molecule has 0 saturated heterocycles. The number of oxime groups is 1. The number of nitrogens with one attached hydrogen (secondary N) is 1. The van der Waals surface area contributed by atoms with Gasteiger partial charge >= 0.3 is 15.5 Å².